The molecule has 2 rings (SSSR count). The van der Waals surface area contributed by atoms with Crippen LogP contribution in [0.5, 0.6) is 0 Å². The number of halogens is 3. The predicted molar refractivity (Wildman–Crippen MR) is 74.3 cm³/mol. The Balaban J connectivity index is 2.29. The van der Waals surface area contributed by atoms with Gasteiger partial charge in [0.2, 0.25) is 0 Å². The maximum atomic E-state index is 13.7. The summed E-state index contributed by atoms with van der Waals surface area (Å²) in [6, 6.07) is 10.5. The number of hydrogen-bond donors (Lipinski definition) is 2. The molecule has 0 saturated carbocycles. The van der Waals surface area contributed by atoms with Gasteiger partial charge >= 0.3 is 0 Å². The van der Waals surface area contributed by atoms with Gasteiger partial charge in [-0.15, -0.1) is 0 Å². The first-order valence-corrected chi connectivity index (χ1v) is 6.55. The Kier molecular flexibility index (Phi) is 4.63. The largest absolute Gasteiger partial charge is 0.271 e. The Morgan fingerprint density at radius 3 is 2.53 bits per heavy atom. The maximum absolute atomic E-state index is 13.7. The summed E-state index contributed by atoms with van der Waals surface area (Å²) in [6.07, 6.45) is 0.267. The second-order valence-electron chi connectivity index (χ2n) is 4.18. The van der Waals surface area contributed by atoms with E-state index in [1.165, 1.54) is 12.1 Å². The van der Waals surface area contributed by atoms with Gasteiger partial charge in [0, 0.05) is 10.0 Å². The summed E-state index contributed by atoms with van der Waals surface area (Å²) in [7, 11) is 0. The fourth-order valence-electron chi connectivity index (χ4n) is 1.94. The van der Waals surface area contributed by atoms with E-state index in [4.69, 9.17) is 5.84 Å². The third-order valence-corrected chi connectivity index (χ3v) is 3.41. The van der Waals surface area contributed by atoms with Crippen LogP contribution in [0.25, 0.3) is 0 Å². The Morgan fingerprint density at radius 1 is 1.11 bits per heavy atom. The quantitative estimate of drug-likeness (QED) is 0.667. The van der Waals surface area contributed by atoms with Gasteiger partial charge < -0.3 is 0 Å². The van der Waals surface area contributed by atoms with E-state index in [0.29, 0.717) is 11.1 Å². The molecular formula is C14H13BrF2N2. The number of rotatable bonds is 4. The zero-order valence-corrected chi connectivity index (χ0v) is 11.6. The van der Waals surface area contributed by atoms with Crippen LogP contribution in [0.1, 0.15) is 17.2 Å². The van der Waals surface area contributed by atoms with Crippen LogP contribution in [0.2, 0.25) is 0 Å². The van der Waals surface area contributed by atoms with Crippen molar-refractivity contribution in [2.75, 3.05) is 0 Å². The molecule has 0 radical (unpaired) electrons. The first-order valence-electron chi connectivity index (χ1n) is 5.76. The zero-order chi connectivity index (χ0) is 13.8. The minimum atomic E-state index is -0.481. The predicted octanol–water partition coefficient (Wildman–Crippen LogP) is 3.47. The summed E-state index contributed by atoms with van der Waals surface area (Å²) >= 11 is 3.29. The molecule has 2 aromatic rings. The molecule has 0 bridgehead atoms. The van der Waals surface area contributed by atoms with Crippen molar-refractivity contribution in [3.8, 4) is 0 Å². The van der Waals surface area contributed by atoms with E-state index < -0.39 is 6.04 Å². The highest BCUT2D eigenvalue weighted by Crippen LogP contribution is 2.24. The molecule has 1 atom stereocenters. The minimum Gasteiger partial charge on any atom is -0.271 e. The Bertz CT molecular complexity index is 575. The third kappa shape index (κ3) is 3.37. The summed E-state index contributed by atoms with van der Waals surface area (Å²) in [5.41, 5.74) is 3.43. The molecule has 0 heterocycles. The maximum Gasteiger partial charge on any atom is 0.128 e. The molecule has 2 aromatic carbocycles. The van der Waals surface area contributed by atoms with Crippen LogP contribution in [0, 0.1) is 11.6 Å². The van der Waals surface area contributed by atoms with Crippen molar-refractivity contribution in [3.63, 3.8) is 0 Å². The third-order valence-electron chi connectivity index (χ3n) is 2.91. The van der Waals surface area contributed by atoms with Crippen LogP contribution in [-0.4, -0.2) is 0 Å². The van der Waals surface area contributed by atoms with E-state index >= 15 is 0 Å². The molecule has 0 aromatic heterocycles. The number of nitrogens with two attached hydrogens (primary N) is 1. The van der Waals surface area contributed by atoms with Crippen molar-refractivity contribution >= 4 is 15.9 Å². The average Bonchev–Trinajstić information content (AvgIpc) is 2.41. The van der Waals surface area contributed by atoms with Gasteiger partial charge in [0.1, 0.15) is 11.6 Å². The van der Waals surface area contributed by atoms with Crippen molar-refractivity contribution < 1.29 is 8.78 Å². The minimum absolute atomic E-state index is 0.267. The summed E-state index contributed by atoms with van der Waals surface area (Å²) in [4.78, 5) is 0. The van der Waals surface area contributed by atoms with Gasteiger partial charge in [0.25, 0.3) is 0 Å². The van der Waals surface area contributed by atoms with Gasteiger partial charge in [-0.2, -0.15) is 0 Å². The molecule has 0 aliphatic rings. The first-order chi connectivity index (χ1) is 9.11. The van der Waals surface area contributed by atoms with Gasteiger partial charge in [-0.25, -0.2) is 8.78 Å². The summed E-state index contributed by atoms with van der Waals surface area (Å²) < 4.78 is 28.2. The summed E-state index contributed by atoms with van der Waals surface area (Å²) in [5.74, 6) is 4.76. The molecule has 0 aliphatic carbocycles. The van der Waals surface area contributed by atoms with Crippen molar-refractivity contribution in [1.29, 1.82) is 0 Å². The fraction of sp³-hybridized carbons (Fsp3) is 0.143. The van der Waals surface area contributed by atoms with Gasteiger partial charge in [0.15, 0.2) is 0 Å². The Labute approximate surface area is 118 Å². The molecule has 0 saturated heterocycles. The lowest BCUT2D eigenvalue weighted by atomic mass is 9.98. The Morgan fingerprint density at radius 2 is 1.84 bits per heavy atom. The number of hydrogen-bond acceptors (Lipinski definition) is 2. The van der Waals surface area contributed by atoms with Crippen molar-refractivity contribution in [2.45, 2.75) is 12.5 Å². The van der Waals surface area contributed by atoms with Crippen LogP contribution in [0.3, 0.4) is 0 Å². The monoisotopic (exact) mass is 326 g/mol. The van der Waals surface area contributed by atoms with Crippen LogP contribution >= 0.6 is 15.9 Å². The van der Waals surface area contributed by atoms with Crippen molar-refractivity contribution in [3.05, 3.63) is 69.7 Å². The van der Waals surface area contributed by atoms with Crippen molar-refractivity contribution in [2.24, 2.45) is 5.84 Å². The van der Waals surface area contributed by atoms with Crippen molar-refractivity contribution in [1.82, 2.24) is 5.43 Å². The standard InChI is InChI=1S/C14H13BrF2N2/c15-10-5-6-12(16)9(7-10)8-14(19-18)11-3-1-2-4-13(11)17/h1-7,14,19H,8,18H2. The Hall–Kier alpha value is -1.30. The SMILES string of the molecule is NNC(Cc1cc(Br)ccc1F)c1ccccc1F. The molecule has 100 valence electrons. The lowest BCUT2D eigenvalue weighted by Crippen LogP contribution is -2.30. The van der Waals surface area contributed by atoms with E-state index in [0.717, 1.165) is 4.47 Å². The average molecular weight is 327 g/mol. The highest BCUT2D eigenvalue weighted by Gasteiger charge is 2.16. The first kappa shape index (κ1) is 14.1. The van der Waals surface area contributed by atoms with E-state index in [1.807, 2.05) is 0 Å². The van der Waals surface area contributed by atoms with E-state index in [2.05, 4.69) is 21.4 Å². The topological polar surface area (TPSA) is 38.0 Å². The highest BCUT2D eigenvalue weighted by atomic mass is 79.9. The lowest BCUT2D eigenvalue weighted by molar-refractivity contribution is 0.498. The molecule has 0 amide bonds. The van der Waals surface area contributed by atoms with Gasteiger partial charge in [0.05, 0.1) is 6.04 Å². The summed E-state index contributed by atoms with van der Waals surface area (Å²) in [6.45, 7) is 0. The zero-order valence-electron chi connectivity index (χ0n) is 10.0. The van der Waals surface area contributed by atoms with Gasteiger partial charge in [-0.3, -0.25) is 11.3 Å². The molecule has 0 aliphatic heterocycles. The van der Waals surface area contributed by atoms with E-state index in [1.54, 1.807) is 30.3 Å². The summed E-state index contributed by atoms with van der Waals surface area (Å²) in [5, 5.41) is 0. The molecule has 1 unspecified atom stereocenters. The molecule has 0 fully saturated rings. The molecule has 2 nitrogen and oxygen atoms in total. The van der Waals surface area contributed by atoms with E-state index in [-0.39, 0.29) is 18.1 Å². The fourth-order valence-corrected chi connectivity index (χ4v) is 2.34. The van der Waals surface area contributed by atoms with Crippen LogP contribution in [0.4, 0.5) is 8.78 Å². The second-order valence-corrected chi connectivity index (χ2v) is 5.10. The van der Waals surface area contributed by atoms with Gasteiger partial charge in [-0.1, -0.05) is 34.1 Å². The smallest absolute Gasteiger partial charge is 0.128 e. The number of hydrazine groups is 1. The van der Waals surface area contributed by atoms with Crippen LogP contribution < -0.4 is 11.3 Å². The molecule has 3 N–H and O–H groups in total. The van der Waals surface area contributed by atoms with Crippen LogP contribution in [-0.2, 0) is 6.42 Å². The van der Waals surface area contributed by atoms with Crippen LogP contribution in [0.15, 0.2) is 46.9 Å². The lowest BCUT2D eigenvalue weighted by Gasteiger charge is -2.17. The molecule has 19 heavy (non-hydrogen) atoms. The second kappa shape index (κ2) is 6.23. The molecule has 0 spiro atoms. The number of benzene rings is 2. The van der Waals surface area contributed by atoms with E-state index in [9.17, 15) is 8.78 Å². The number of nitrogens with one attached hydrogen (secondary N) is 1. The molecular weight excluding hydrogens is 314 g/mol. The highest BCUT2D eigenvalue weighted by molar-refractivity contribution is 9.10. The molecule has 5 heteroatoms. The van der Waals surface area contributed by atoms with Gasteiger partial charge in [-0.05, 0) is 36.2 Å². The normalized spacial score (nSPS) is 12.4.